The lowest BCUT2D eigenvalue weighted by molar-refractivity contribution is -0.143. The summed E-state index contributed by atoms with van der Waals surface area (Å²) in [6, 6.07) is 22.2. The summed E-state index contributed by atoms with van der Waals surface area (Å²) in [6.45, 7) is -0.115. The van der Waals surface area contributed by atoms with Gasteiger partial charge in [0.05, 0.1) is 0 Å². The van der Waals surface area contributed by atoms with Crippen molar-refractivity contribution in [2.45, 2.75) is 32.1 Å². The maximum Gasteiger partial charge on any atom is 0.244 e. The minimum atomic E-state index is -0.628. The highest BCUT2D eigenvalue weighted by Crippen LogP contribution is 2.21. The molecule has 0 radical (unpaired) electrons. The number of aliphatic hydroxyl groups excluding tert-OH is 1. The molecule has 178 valence electrons. The first-order chi connectivity index (χ1) is 16.6. The average molecular weight is 462 g/mol. The van der Waals surface area contributed by atoms with Crippen LogP contribution in [0.1, 0.15) is 30.4 Å². The van der Waals surface area contributed by atoms with Gasteiger partial charge < -0.3 is 10.0 Å². The minimum Gasteiger partial charge on any atom is -0.376 e. The summed E-state index contributed by atoms with van der Waals surface area (Å²) in [6.07, 6.45) is 5.74. The van der Waals surface area contributed by atoms with Crippen LogP contribution in [0.15, 0.2) is 79.1 Å². The normalized spacial score (nSPS) is 11.6. The molecule has 34 heavy (non-hydrogen) atoms. The fraction of sp³-hybridized carbons (Fsp3) is 0.296. The molecule has 3 rings (SSSR count). The van der Waals surface area contributed by atoms with Crippen LogP contribution in [-0.4, -0.2) is 45.3 Å². The average Bonchev–Trinajstić information content (AvgIpc) is 2.89. The second-order valence-electron chi connectivity index (χ2n) is 8.25. The summed E-state index contributed by atoms with van der Waals surface area (Å²) in [5, 5.41) is 18.7. The molecule has 0 saturated carbocycles. The Morgan fingerprint density at radius 3 is 2.29 bits per heavy atom. The molecule has 0 aliphatic carbocycles. The van der Waals surface area contributed by atoms with E-state index in [9.17, 15) is 14.7 Å². The lowest BCUT2D eigenvalue weighted by Gasteiger charge is -2.25. The van der Waals surface area contributed by atoms with E-state index in [4.69, 9.17) is 5.21 Å². The van der Waals surface area contributed by atoms with Crippen molar-refractivity contribution in [1.29, 1.82) is 0 Å². The van der Waals surface area contributed by atoms with E-state index in [1.54, 1.807) is 17.9 Å². The molecule has 3 N–H and O–H groups in total. The van der Waals surface area contributed by atoms with Gasteiger partial charge in [0.2, 0.25) is 11.8 Å². The molecule has 1 aromatic heterocycles. The number of nitrogens with one attached hydrogen (secondary N) is 1. The Balaban J connectivity index is 1.58. The fourth-order valence-electron chi connectivity index (χ4n) is 3.95. The van der Waals surface area contributed by atoms with E-state index in [0.29, 0.717) is 25.8 Å². The van der Waals surface area contributed by atoms with Crippen molar-refractivity contribution in [2.75, 3.05) is 13.3 Å². The van der Waals surface area contributed by atoms with Gasteiger partial charge in [0.1, 0.15) is 6.73 Å². The zero-order valence-corrected chi connectivity index (χ0v) is 19.1. The highest BCUT2D eigenvalue weighted by atomic mass is 16.5. The molecule has 0 saturated heterocycles. The standard InChI is InChI=1S/C27H31N3O4/c31-20-30(17-15-22-7-5-16-28-19-22)27(33)25(18-26(32)29-34)10-4-6-21-11-13-24(14-12-21)23-8-2-1-3-9-23/h1-3,5,7-9,11-14,16,19,25,31,34H,4,6,10,15,17-18,20H2,(H,29,32)/t25-/m1/s1. The minimum absolute atomic E-state index is 0.133. The Morgan fingerprint density at radius 2 is 1.65 bits per heavy atom. The third-order valence-corrected chi connectivity index (χ3v) is 5.86. The molecular formula is C27H31N3O4. The molecule has 0 unspecified atom stereocenters. The second-order valence-corrected chi connectivity index (χ2v) is 8.25. The summed E-state index contributed by atoms with van der Waals surface area (Å²) < 4.78 is 0. The van der Waals surface area contributed by atoms with E-state index in [2.05, 4.69) is 41.4 Å². The van der Waals surface area contributed by atoms with E-state index < -0.39 is 18.6 Å². The molecule has 1 heterocycles. The van der Waals surface area contributed by atoms with E-state index in [1.165, 1.54) is 4.90 Å². The van der Waals surface area contributed by atoms with Gasteiger partial charge in [-0.25, -0.2) is 5.48 Å². The Bertz CT molecular complexity index is 1030. The van der Waals surface area contributed by atoms with Crippen LogP contribution in [0.3, 0.4) is 0 Å². The maximum atomic E-state index is 13.1. The molecule has 2 amide bonds. The number of amides is 2. The van der Waals surface area contributed by atoms with Crippen LogP contribution >= 0.6 is 0 Å². The van der Waals surface area contributed by atoms with Crippen LogP contribution < -0.4 is 5.48 Å². The summed E-state index contributed by atoms with van der Waals surface area (Å²) in [4.78, 5) is 30.3. The van der Waals surface area contributed by atoms with Gasteiger partial charge >= 0.3 is 0 Å². The molecule has 1 atom stereocenters. The number of hydrogen-bond donors (Lipinski definition) is 3. The van der Waals surface area contributed by atoms with Gasteiger partial charge in [0.25, 0.3) is 0 Å². The topological polar surface area (TPSA) is 103 Å². The summed E-state index contributed by atoms with van der Waals surface area (Å²) >= 11 is 0. The predicted octanol–water partition coefficient (Wildman–Crippen LogP) is 3.60. The smallest absolute Gasteiger partial charge is 0.244 e. The number of hydroxylamine groups is 1. The Hall–Kier alpha value is -3.55. The van der Waals surface area contributed by atoms with Crippen LogP contribution in [0, 0.1) is 5.92 Å². The first kappa shape index (κ1) is 25.1. The van der Waals surface area contributed by atoms with E-state index in [-0.39, 0.29) is 12.3 Å². The largest absolute Gasteiger partial charge is 0.376 e. The Morgan fingerprint density at radius 1 is 0.912 bits per heavy atom. The second kappa shape index (κ2) is 13.2. The Labute approximate surface area is 200 Å². The number of rotatable bonds is 12. The molecule has 7 heteroatoms. The molecule has 0 aliphatic rings. The quantitative estimate of drug-likeness (QED) is 0.217. The van der Waals surface area contributed by atoms with Crippen molar-refractivity contribution in [3.8, 4) is 11.1 Å². The van der Waals surface area contributed by atoms with Gasteiger partial charge in [0.15, 0.2) is 0 Å². The van der Waals surface area contributed by atoms with Gasteiger partial charge in [-0.3, -0.25) is 19.8 Å². The molecule has 0 aliphatic heterocycles. The fourth-order valence-corrected chi connectivity index (χ4v) is 3.95. The van der Waals surface area contributed by atoms with Gasteiger partial charge in [-0.2, -0.15) is 0 Å². The lowest BCUT2D eigenvalue weighted by atomic mass is 9.94. The molecular weight excluding hydrogens is 430 g/mol. The van der Waals surface area contributed by atoms with Crippen LogP contribution in [0.5, 0.6) is 0 Å². The zero-order valence-electron chi connectivity index (χ0n) is 19.1. The molecule has 0 bridgehead atoms. The number of nitrogens with zero attached hydrogens (tertiary/aromatic N) is 2. The highest BCUT2D eigenvalue weighted by molar-refractivity contribution is 5.85. The van der Waals surface area contributed by atoms with E-state index >= 15 is 0 Å². The van der Waals surface area contributed by atoms with E-state index in [0.717, 1.165) is 28.7 Å². The maximum absolute atomic E-state index is 13.1. The summed E-state index contributed by atoms with van der Waals surface area (Å²) in [5.41, 5.74) is 6.02. The number of aromatic nitrogens is 1. The molecule has 0 spiro atoms. The first-order valence-electron chi connectivity index (χ1n) is 11.5. The van der Waals surface area contributed by atoms with Gasteiger partial charge in [0, 0.05) is 31.3 Å². The van der Waals surface area contributed by atoms with Crippen LogP contribution in [0.2, 0.25) is 0 Å². The predicted molar refractivity (Wildman–Crippen MR) is 130 cm³/mol. The van der Waals surface area contributed by atoms with Crippen LogP contribution in [-0.2, 0) is 22.4 Å². The Kier molecular flexibility index (Phi) is 9.76. The molecule has 3 aromatic rings. The number of carbonyl (C=O) groups excluding carboxylic acids is 2. The summed E-state index contributed by atoms with van der Waals surface area (Å²) in [5.74, 6) is -1.54. The van der Waals surface area contributed by atoms with Crippen LogP contribution in [0.4, 0.5) is 0 Å². The van der Waals surface area contributed by atoms with Gasteiger partial charge in [-0.05, 0) is 54.0 Å². The van der Waals surface area contributed by atoms with Gasteiger partial charge in [-0.1, -0.05) is 60.7 Å². The summed E-state index contributed by atoms with van der Waals surface area (Å²) in [7, 11) is 0. The zero-order chi connectivity index (χ0) is 24.2. The van der Waals surface area contributed by atoms with Crippen molar-refractivity contribution in [3.05, 3.63) is 90.3 Å². The lowest BCUT2D eigenvalue weighted by Crippen LogP contribution is -2.40. The third-order valence-electron chi connectivity index (χ3n) is 5.86. The molecule has 7 nitrogen and oxygen atoms in total. The SMILES string of the molecule is O=C(C[C@@H](CCCc1ccc(-c2ccccc2)cc1)C(=O)N(CO)CCc1cccnc1)NO. The van der Waals surface area contributed by atoms with Crippen molar-refractivity contribution in [1.82, 2.24) is 15.4 Å². The first-order valence-corrected chi connectivity index (χ1v) is 11.5. The molecule has 0 fully saturated rings. The number of pyridine rings is 1. The number of benzene rings is 2. The number of hydrogen-bond acceptors (Lipinski definition) is 5. The van der Waals surface area contributed by atoms with Crippen LogP contribution in [0.25, 0.3) is 11.1 Å². The third kappa shape index (κ3) is 7.50. The number of aryl methyl sites for hydroxylation is 1. The van der Waals surface area contributed by atoms with Crippen molar-refractivity contribution in [2.24, 2.45) is 5.92 Å². The highest BCUT2D eigenvalue weighted by Gasteiger charge is 2.26. The van der Waals surface area contributed by atoms with Crippen molar-refractivity contribution >= 4 is 11.8 Å². The van der Waals surface area contributed by atoms with Gasteiger partial charge in [-0.15, -0.1) is 0 Å². The van der Waals surface area contributed by atoms with Crippen molar-refractivity contribution < 1.29 is 19.9 Å². The number of carbonyl (C=O) groups is 2. The van der Waals surface area contributed by atoms with E-state index in [1.807, 2.05) is 30.3 Å². The van der Waals surface area contributed by atoms with Crippen molar-refractivity contribution in [3.63, 3.8) is 0 Å². The molecule has 2 aromatic carbocycles. The number of aliphatic hydroxyl groups is 1. The monoisotopic (exact) mass is 461 g/mol.